The maximum atomic E-state index is 12.5. The highest BCUT2D eigenvalue weighted by molar-refractivity contribution is 5.96. The van der Waals surface area contributed by atoms with Crippen LogP contribution in [0.25, 0.3) is 22.3 Å². The van der Waals surface area contributed by atoms with Gasteiger partial charge < -0.3 is 10.3 Å². The lowest BCUT2D eigenvalue weighted by molar-refractivity contribution is 0.0951. The second kappa shape index (κ2) is 6.62. The minimum absolute atomic E-state index is 0.0291. The van der Waals surface area contributed by atoms with Crippen LogP contribution in [0.4, 0.5) is 0 Å². The average molecular weight is 376 g/mol. The molecule has 0 unspecified atom stereocenters. The molecule has 6 heteroatoms. The first kappa shape index (κ1) is 17.2. The number of aryl methyl sites for hydroxylation is 1. The SMILES string of the molecule is Cc1ccc(C(=O)NC2CC2)cc1-c1cnc2c(c1)[nH]c(=O)n2C1CCCC1. The molecule has 3 aromatic rings. The third-order valence-electron chi connectivity index (χ3n) is 5.97. The lowest BCUT2D eigenvalue weighted by atomic mass is 9.99. The Morgan fingerprint density at radius 2 is 1.96 bits per heavy atom. The number of benzene rings is 1. The molecule has 6 nitrogen and oxygen atoms in total. The third kappa shape index (κ3) is 3.03. The van der Waals surface area contributed by atoms with E-state index >= 15 is 0 Å². The first-order valence-corrected chi connectivity index (χ1v) is 10.1. The van der Waals surface area contributed by atoms with Crippen molar-refractivity contribution in [1.82, 2.24) is 19.9 Å². The molecule has 1 amide bonds. The molecule has 1 aromatic carbocycles. The van der Waals surface area contributed by atoms with E-state index in [1.807, 2.05) is 42.0 Å². The maximum absolute atomic E-state index is 12.5. The van der Waals surface area contributed by atoms with Crippen molar-refractivity contribution in [3.8, 4) is 11.1 Å². The van der Waals surface area contributed by atoms with Crippen molar-refractivity contribution in [2.45, 2.75) is 57.5 Å². The Balaban J connectivity index is 1.54. The molecule has 0 bridgehead atoms. The van der Waals surface area contributed by atoms with Crippen molar-refractivity contribution in [1.29, 1.82) is 0 Å². The topological polar surface area (TPSA) is 79.8 Å². The number of carbonyl (C=O) groups is 1. The van der Waals surface area contributed by atoms with E-state index in [0.29, 0.717) is 11.6 Å². The molecule has 0 radical (unpaired) electrons. The molecule has 0 spiro atoms. The van der Waals surface area contributed by atoms with Gasteiger partial charge in [-0.25, -0.2) is 9.78 Å². The highest BCUT2D eigenvalue weighted by Gasteiger charge is 2.24. The minimum Gasteiger partial charge on any atom is -0.349 e. The Morgan fingerprint density at radius 1 is 1.18 bits per heavy atom. The fourth-order valence-corrected chi connectivity index (χ4v) is 4.23. The summed E-state index contributed by atoms with van der Waals surface area (Å²) in [7, 11) is 0. The third-order valence-corrected chi connectivity index (χ3v) is 5.97. The fraction of sp³-hybridized carbons (Fsp3) is 0.409. The molecule has 0 saturated heterocycles. The van der Waals surface area contributed by atoms with Gasteiger partial charge in [-0.2, -0.15) is 0 Å². The number of pyridine rings is 1. The van der Waals surface area contributed by atoms with Crippen LogP contribution in [0.2, 0.25) is 0 Å². The van der Waals surface area contributed by atoms with Crippen LogP contribution in [0.1, 0.15) is 60.5 Å². The Labute approximate surface area is 163 Å². The lowest BCUT2D eigenvalue weighted by Crippen LogP contribution is -2.25. The van der Waals surface area contributed by atoms with Crippen LogP contribution in [-0.2, 0) is 0 Å². The van der Waals surface area contributed by atoms with Crippen molar-refractivity contribution in [2.75, 3.05) is 0 Å². The Kier molecular flexibility index (Phi) is 4.07. The molecule has 28 heavy (non-hydrogen) atoms. The van der Waals surface area contributed by atoms with E-state index in [1.54, 1.807) is 0 Å². The van der Waals surface area contributed by atoms with Gasteiger partial charge in [0.2, 0.25) is 0 Å². The molecule has 2 N–H and O–H groups in total. The van der Waals surface area contributed by atoms with Crippen LogP contribution >= 0.6 is 0 Å². The number of hydrogen-bond acceptors (Lipinski definition) is 3. The zero-order chi connectivity index (χ0) is 19.3. The van der Waals surface area contributed by atoms with Gasteiger partial charge >= 0.3 is 5.69 Å². The zero-order valence-electron chi connectivity index (χ0n) is 16.0. The minimum atomic E-state index is -0.0826. The molecular weight excluding hydrogens is 352 g/mol. The van der Waals surface area contributed by atoms with Crippen molar-refractivity contribution < 1.29 is 4.79 Å². The van der Waals surface area contributed by atoms with Crippen LogP contribution < -0.4 is 11.0 Å². The first-order chi connectivity index (χ1) is 13.6. The highest BCUT2D eigenvalue weighted by Crippen LogP contribution is 2.31. The largest absolute Gasteiger partial charge is 0.349 e. The fourth-order valence-electron chi connectivity index (χ4n) is 4.23. The zero-order valence-corrected chi connectivity index (χ0v) is 16.0. The number of fused-ring (bicyclic) bond motifs is 1. The van der Waals surface area contributed by atoms with Crippen LogP contribution in [-0.4, -0.2) is 26.5 Å². The second-order valence-electron chi connectivity index (χ2n) is 8.11. The number of aromatic nitrogens is 3. The molecule has 144 valence electrons. The quantitative estimate of drug-likeness (QED) is 0.728. The molecule has 5 rings (SSSR count). The van der Waals surface area contributed by atoms with E-state index in [4.69, 9.17) is 0 Å². The number of aromatic amines is 1. The van der Waals surface area contributed by atoms with Crippen molar-refractivity contribution in [3.05, 3.63) is 52.1 Å². The van der Waals surface area contributed by atoms with Gasteiger partial charge in [-0.1, -0.05) is 18.9 Å². The van der Waals surface area contributed by atoms with Crippen LogP contribution in [0.3, 0.4) is 0 Å². The molecule has 2 aromatic heterocycles. The highest BCUT2D eigenvalue weighted by atomic mass is 16.2. The maximum Gasteiger partial charge on any atom is 0.327 e. The van der Waals surface area contributed by atoms with Gasteiger partial charge in [0.05, 0.1) is 5.52 Å². The number of amides is 1. The van der Waals surface area contributed by atoms with Crippen molar-refractivity contribution >= 4 is 17.1 Å². The van der Waals surface area contributed by atoms with E-state index in [9.17, 15) is 9.59 Å². The number of rotatable bonds is 4. The predicted molar refractivity (Wildman–Crippen MR) is 109 cm³/mol. The Bertz CT molecular complexity index is 1120. The van der Waals surface area contributed by atoms with Gasteiger partial charge in [0, 0.05) is 29.4 Å². The van der Waals surface area contributed by atoms with Gasteiger partial charge in [0.25, 0.3) is 5.91 Å². The monoisotopic (exact) mass is 376 g/mol. The molecule has 0 atom stereocenters. The molecule has 0 aliphatic heterocycles. The molecule has 2 heterocycles. The normalized spacial score (nSPS) is 17.3. The molecule has 2 aliphatic rings. The molecule has 2 saturated carbocycles. The standard InChI is InChI=1S/C22H24N4O2/c1-13-6-7-14(21(27)24-16-8-9-16)10-18(13)15-11-19-20(23-12-15)26(22(28)25-19)17-4-2-3-5-17/h6-7,10-12,16-17H,2-5,8-9H2,1H3,(H,24,27)(H,25,28). The van der Waals surface area contributed by atoms with Gasteiger partial charge in [-0.15, -0.1) is 0 Å². The number of hydrogen-bond donors (Lipinski definition) is 2. The summed E-state index contributed by atoms with van der Waals surface area (Å²) in [5.74, 6) is -0.0291. The molecule has 2 fully saturated rings. The Hall–Kier alpha value is -2.89. The van der Waals surface area contributed by atoms with Gasteiger partial charge in [-0.3, -0.25) is 9.36 Å². The second-order valence-corrected chi connectivity index (χ2v) is 8.11. The summed E-state index contributed by atoms with van der Waals surface area (Å²) in [6, 6.07) is 8.29. The average Bonchev–Trinajstić information content (AvgIpc) is 3.21. The number of H-pyrrole nitrogens is 1. The van der Waals surface area contributed by atoms with E-state index in [0.717, 1.165) is 66.4 Å². The van der Waals surface area contributed by atoms with Crippen molar-refractivity contribution in [3.63, 3.8) is 0 Å². The smallest absolute Gasteiger partial charge is 0.327 e. The summed E-state index contributed by atoms with van der Waals surface area (Å²) in [6.45, 7) is 2.02. The van der Waals surface area contributed by atoms with Crippen LogP contribution in [0.5, 0.6) is 0 Å². The first-order valence-electron chi connectivity index (χ1n) is 10.1. The van der Waals surface area contributed by atoms with Crippen LogP contribution in [0.15, 0.2) is 35.3 Å². The van der Waals surface area contributed by atoms with Gasteiger partial charge in [0.15, 0.2) is 5.65 Å². The number of nitrogens with one attached hydrogen (secondary N) is 2. The van der Waals surface area contributed by atoms with E-state index < -0.39 is 0 Å². The summed E-state index contributed by atoms with van der Waals surface area (Å²) in [6.07, 6.45) is 8.34. The summed E-state index contributed by atoms with van der Waals surface area (Å²) in [5.41, 5.74) is 4.99. The van der Waals surface area contributed by atoms with E-state index in [2.05, 4.69) is 15.3 Å². The Morgan fingerprint density at radius 3 is 2.71 bits per heavy atom. The van der Waals surface area contributed by atoms with E-state index in [1.165, 1.54) is 0 Å². The summed E-state index contributed by atoms with van der Waals surface area (Å²) in [5, 5.41) is 3.03. The predicted octanol–water partition coefficient (Wildman–Crippen LogP) is 3.71. The number of imidazole rings is 1. The summed E-state index contributed by atoms with van der Waals surface area (Å²) < 4.78 is 1.82. The lowest BCUT2D eigenvalue weighted by Gasteiger charge is -2.12. The van der Waals surface area contributed by atoms with Gasteiger partial charge in [-0.05, 0) is 61.9 Å². The van der Waals surface area contributed by atoms with Crippen LogP contribution in [0, 0.1) is 6.92 Å². The van der Waals surface area contributed by atoms with Crippen molar-refractivity contribution in [2.24, 2.45) is 0 Å². The number of nitrogens with zero attached hydrogens (tertiary/aromatic N) is 2. The summed E-state index contributed by atoms with van der Waals surface area (Å²) >= 11 is 0. The molecule has 2 aliphatic carbocycles. The van der Waals surface area contributed by atoms with Gasteiger partial charge in [0.1, 0.15) is 0 Å². The summed E-state index contributed by atoms with van der Waals surface area (Å²) in [4.78, 5) is 32.5. The van der Waals surface area contributed by atoms with E-state index in [-0.39, 0.29) is 17.6 Å². The molecular formula is C22H24N4O2. The number of carbonyl (C=O) groups excluding carboxylic acids is 1.